The predicted octanol–water partition coefficient (Wildman–Crippen LogP) is -0.766. The summed E-state index contributed by atoms with van der Waals surface area (Å²) in [7, 11) is 0. The first kappa shape index (κ1) is 19.8. The van der Waals surface area contributed by atoms with Crippen molar-refractivity contribution < 1.29 is 44.5 Å². The summed E-state index contributed by atoms with van der Waals surface area (Å²) in [6.45, 7) is -0.583. The van der Waals surface area contributed by atoms with Crippen LogP contribution in [0.3, 0.4) is 0 Å². The Balaban J connectivity index is 1.52. The number of likely N-dealkylation sites (tertiary alicyclic amines) is 1. The van der Waals surface area contributed by atoms with E-state index in [2.05, 4.69) is 0 Å². The van der Waals surface area contributed by atoms with Gasteiger partial charge in [0.2, 0.25) is 12.7 Å². The van der Waals surface area contributed by atoms with Gasteiger partial charge in [0.1, 0.15) is 30.2 Å². The van der Waals surface area contributed by atoms with Gasteiger partial charge >= 0.3 is 0 Å². The number of hydrogen-bond donors (Lipinski definition) is 5. The number of aliphatic hydroxyl groups is 4. The number of aliphatic hydroxyl groups excluding tert-OH is 4. The number of aromatic hydroxyl groups is 1. The fourth-order valence-electron chi connectivity index (χ4n) is 5.27. The average molecular weight is 443 g/mol. The number of hydrogen-bond acceptors (Lipinski definition) is 9. The van der Waals surface area contributed by atoms with Crippen LogP contribution in [0.5, 0.6) is 5.75 Å². The van der Waals surface area contributed by atoms with E-state index >= 15 is 0 Å². The van der Waals surface area contributed by atoms with E-state index in [1.54, 1.807) is 24.3 Å². The van der Waals surface area contributed by atoms with E-state index in [0.29, 0.717) is 28.4 Å². The number of carbonyl (C=O) groups is 1. The van der Waals surface area contributed by atoms with E-state index < -0.39 is 49.1 Å². The van der Waals surface area contributed by atoms with Crippen molar-refractivity contribution in [1.29, 1.82) is 0 Å². The van der Waals surface area contributed by atoms with Crippen LogP contribution in [0.4, 0.5) is 0 Å². The smallest absolute Gasteiger partial charge is 0.237 e. The molecule has 5 N–H and O–H groups in total. The molecule has 2 aliphatic carbocycles. The van der Waals surface area contributed by atoms with E-state index in [9.17, 15) is 30.3 Å². The van der Waals surface area contributed by atoms with Gasteiger partial charge in [-0.15, -0.1) is 0 Å². The molecule has 10 nitrogen and oxygen atoms in total. The molecule has 3 fully saturated rings. The molecule has 0 saturated carbocycles. The molecule has 0 radical (unpaired) electrons. The number of carbonyl (C=O) groups excluding carboxylic acids is 1. The lowest BCUT2D eigenvalue weighted by Gasteiger charge is -2.44. The number of amides is 1. The van der Waals surface area contributed by atoms with Gasteiger partial charge in [-0.1, -0.05) is 6.07 Å². The zero-order valence-corrected chi connectivity index (χ0v) is 16.7. The molecule has 32 heavy (non-hydrogen) atoms. The minimum absolute atomic E-state index is 0.0158. The molecule has 3 heterocycles. The molecule has 7 atom stereocenters. The number of ether oxygens (including phenoxy) is 3. The Morgan fingerprint density at radius 3 is 2.69 bits per heavy atom. The van der Waals surface area contributed by atoms with E-state index in [1.165, 1.54) is 11.0 Å². The molecule has 1 aromatic carbocycles. The summed E-state index contributed by atoms with van der Waals surface area (Å²) in [5, 5.41) is 50.8. The molecule has 5 aliphatic rings. The van der Waals surface area contributed by atoms with E-state index in [-0.39, 0.29) is 18.4 Å². The van der Waals surface area contributed by atoms with Gasteiger partial charge in [-0.05, 0) is 35.4 Å². The Hall–Kier alpha value is -2.89. The van der Waals surface area contributed by atoms with Crippen LogP contribution in [0.2, 0.25) is 0 Å². The molecule has 0 bridgehead atoms. The van der Waals surface area contributed by atoms with E-state index in [4.69, 9.17) is 14.2 Å². The van der Waals surface area contributed by atoms with Crippen LogP contribution in [0.1, 0.15) is 11.1 Å². The maximum Gasteiger partial charge on any atom is 0.237 e. The summed E-state index contributed by atoms with van der Waals surface area (Å²) >= 11 is 0. The van der Waals surface area contributed by atoms with E-state index in [0.717, 1.165) is 5.56 Å². The molecular formula is C22H21NO9. The third-order valence-corrected chi connectivity index (χ3v) is 6.76. The molecule has 6 rings (SSSR count). The topological polar surface area (TPSA) is 149 Å². The lowest BCUT2D eigenvalue weighted by Crippen LogP contribution is -2.63. The predicted molar refractivity (Wildman–Crippen MR) is 106 cm³/mol. The number of phenols is 1. The zero-order valence-electron chi connectivity index (χ0n) is 16.7. The van der Waals surface area contributed by atoms with Crippen molar-refractivity contribution in [3.8, 4) is 5.75 Å². The van der Waals surface area contributed by atoms with Gasteiger partial charge in [-0.3, -0.25) is 9.69 Å². The van der Waals surface area contributed by atoms with E-state index in [1.807, 2.05) is 0 Å². The fraction of sp³-hybridized carbons (Fsp3) is 0.409. The minimum Gasteiger partial charge on any atom is -0.508 e. The molecule has 1 aromatic rings. The molecule has 3 aliphatic heterocycles. The molecule has 2 unspecified atom stereocenters. The first-order chi connectivity index (χ1) is 15.4. The maximum absolute atomic E-state index is 13.6. The largest absolute Gasteiger partial charge is 0.508 e. The Bertz CT molecular complexity index is 1110. The van der Waals surface area contributed by atoms with Crippen LogP contribution < -0.4 is 0 Å². The van der Waals surface area contributed by atoms with Gasteiger partial charge in [0.25, 0.3) is 0 Å². The number of allylic oxidation sites excluding steroid dienone is 1. The van der Waals surface area contributed by atoms with Crippen LogP contribution in [0.15, 0.2) is 41.5 Å². The molecule has 168 valence electrons. The zero-order chi connectivity index (χ0) is 22.3. The van der Waals surface area contributed by atoms with Crippen molar-refractivity contribution in [2.45, 2.75) is 30.6 Å². The average Bonchev–Trinajstić information content (AvgIpc) is 3.36. The van der Waals surface area contributed by atoms with Crippen LogP contribution in [0, 0.1) is 11.8 Å². The SMILES string of the molecule is O=C1C2C=C3OCOC3=C3c4cc(O)ccc4C=C(C32)N1[C@@H]1O[C@H](CO)[C@@H](O)[C@H](O)[C@H]1O. The Kier molecular flexibility index (Phi) is 4.20. The molecular weight excluding hydrogens is 422 g/mol. The van der Waals surface area contributed by atoms with Crippen molar-refractivity contribution in [1.82, 2.24) is 4.90 Å². The van der Waals surface area contributed by atoms with Crippen molar-refractivity contribution in [3.63, 3.8) is 0 Å². The molecule has 1 amide bonds. The quantitative estimate of drug-likeness (QED) is 0.397. The lowest BCUT2D eigenvalue weighted by molar-refractivity contribution is -0.256. The molecule has 0 aromatic heterocycles. The lowest BCUT2D eigenvalue weighted by atomic mass is 9.74. The van der Waals surface area contributed by atoms with Gasteiger partial charge in [0, 0.05) is 17.2 Å². The van der Waals surface area contributed by atoms with Gasteiger partial charge in [-0.2, -0.15) is 0 Å². The Morgan fingerprint density at radius 2 is 1.91 bits per heavy atom. The maximum atomic E-state index is 13.6. The summed E-state index contributed by atoms with van der Waals surface area (Å²) in [4.78, 5) is 14.9. The number of fused-ring (bicyclic) bond motifs is 3. The van der Waals surface area contributed by atoms with Crippen LogP contribution in [0.25, 0.3) is 11.6 Å². The highest BCUT2D eigenvalue weighted by atomic mass is 16.7. The third kappa shape index (κ3) is 2.49. The molecule has 10 heteroatoms. The van der Waals surface area contributed by atoms with Crippen molar-refractivity contribution in [3.05, 3.63) is 52.6 Å². The summed E-state index contributed by atoms with van der Waals surface area (Å²) in [5.74, 6) is -0.560. The summed E-state index contributed by atoms with van der Waals surface area (Å²) in [6, 6.07) is 4.84. The monoisotopic (exact) mass is 443 g/mol. The third-order valence-electron chi connectivity index (χ3n) is 6.76. The standard InChI is InChI=1S/C22H21NO9/c24-6-14-17(26)18(27)19(28)22(32-14)23-12-3-8-1-2-9(25)4-10(8)16-15(12)11(21(23)29)5-13-20(16)31-7-30-13/h1-5,11,14-15,17-19,22,24-28H,6-7H2/t11?,14-,15?,17-,18+,19-,22-/m1/s1. The van der Waals surface area contributed by atoms with Crippen LogP contribution in [-0.2, 0) is 19.0 Å². The summed E-state index contributed by atoms with van der Waals surface area (Å²) in [6.07, 6.45) is -3.77. The van der Waals surface area contributed by atoms with Crippen LogP contribution in [-0.4, -0.2) is 80.4 Å². The second kappa shape index (κ2) is 6.80. The molecule has 0 spiro atoms. The highest BCUT2D eigenvalue weighted by Crippen LogP contribution is 2.55. The van der Waals surface area contributed by atoms with Gasteiger partial charge in [-0.25, -0.2) is 0 Å². The van der Waals surface area contributed by atoms with Crippen molar-refractivity contribution >= 4 is 17.6 Å². The number of nitrogens with zero attached hydrogens (tertiary/aromatic N) is 1. The summed E-state index contributed by atoms with van der Waals surface area (Å²) < 4.78 is 17.0. The highest BCUT2D eigenvalue weighted by Gasteiger charge is 2.57. The second-order valence-electron chi connectivity index (χ2n) is 8.45. The second-order valence-corrected chi connectivity index (χ2v) is 8.45. The van der Waals surface area contributed by atoms with Gasteiger partial charge in [0.05, 0.1) is 12.5 Å². The first-order valence-corrected chi connectivity index (χ1v) is 10.3. The number of rotatable bonds is 2. The number of phenolic OH excluding ortho intramolecular Hbond substituents is 1. The van der Waals surface area contributed by atoms with Gasteiger partial charge < -0.3 is 39.7 Å². The normalized spacial score (nSPS) is 37.2. The Morgan fingerprint density at radius 1 is 1.09 bits per heavy atom. The molecule has 3 saturated heterocycles. The summed E-state index contributed by atoms with van der Waals surface area (Å²) in [5.41, 5.74) is 2.64. The number of benzene rings is 1. The van der Waals surface area contributed by atoms with Crippen LogP contribution >= 0.6 is 0 Å². The minimum atomic E-state index is -1.61. The van der Waals surface area contributed by atoms with Gasteiger partial charge in [0.15, 0.2) is 17.7 Å². The van der Waals surface area contributed by atoms with Crippen molar-refractivity contribution in [2.24, 2.45) is 11.8 Å². The first-order valence-electron chi connectivity index (χ1n) is 10.3. The fourth-order valence-corrected chi connectivity index (χ4v) is 5.27. The Labute approximate surface area is 181 Å². The van der Waals surface area contributed by atoms with Crippen molar-refractivity contribution in [2.75, 3.05) is 13.4 Å². The highest BCUT2D eigenvalue weighted by molar-refractivity contribution is 5.98.